The molecule has 3 N–H and O–H groups in total. The number of ether oxygens (including phenoxy) is 1. The first kappa shape index (κ1) is 17.4. The number of nitrogens with zero attached hydrogens (tertiary/aromatic N) is 1. The lowest BCUT2D eigenvalue weighted by Gasteiger charge is -2.03. The summed E-state index contributed by atoms with van der Waals surface area (Å²) in [5, 5.41) is 5.72. The van der Waals surface area contributed by atoms with E-state index in [1.54, 1.807) is 60.7 Å². The number of benzene rings is 2. The summed E-state index contributed by atoms with van der Waals surface area (Å²) < 4.78 is 5.27. The fourth-order valence-corrected chi connectivity index (χ4v) is 2.68. The van der Waals surface area contributed by atoms with Gasteiger partial charge in [0.2, 0.25) is 0 Å². The van der Waals surface area contributed by atoms with Crippen LogP contribution in [0.15, 0.2) is 71.1 Å². The number of thiophene rings is 1. The van der Waals surface area contributed by atoms with E-state index in [0.29, 0.717) is 21.9 Å². The number of amides is 1. The van der Waals surface area contributed by atoms with Crippen LogP contribution in [-0.2, 0) is 0 Å². The lowest BCUT2D eigenvalue weighted by molar-refractivity contribution is 0.0739. The Morgan fingerprint density at radius 3 is 2.58 bits per heavy atom. The van der Waals surface area contributed by atoms with Gasteiger partial charge in [-0.1, -0.05) is 12.1 Å². The fraction of sp³-hybridized carbons (Fsp3) is 0. The number of carbonyl (C=O) groups is 2. The molecule has 3 rings (SSSR count). The molecule has 0 unspecified atom stereocenters. The zero-order chi connectivity index (χ0) is 18.4. The highest BCUT2D eigenvalue weighted by Gasteiger charge is 2.09. The standard InChI is InChI=1S/C19H15N3O3S/c20-15-4-1-3-14(11-15)18(23)22-21-12-13-6-8-16(9-7-13)25-19(24)17-5-2-10-26-17/h1-12H,20H2,(H,22,23)/b21-12-. The van der Waals surface area contributed by atoms with E-state index >= 15 is 0 Å². The van der Waals surface area contributed by atoms with Crippen LogP contribution in [0.2, 0.25) is 0 Å². The third kappa shape index (κ3) is 4.55. The molecule has 0 aliphatic carbocycles. The zero-order valence-electron chi connectivity index (χ0n) is 13.6. The van der Waals surface area contributed by atoms with Gasteiger partial charge >= 0.3 is 5.97 Å². The predicted molar refractivity (Wildman–Crippen MR) is 102 cm³/mol. The Bertz CT molecular complexity index is 935. The summed E-state index contributed by atoms with van der Waals surface area (Å²) in [6, 6.07) is 16.9. The van der Waals surface area contributed by atoms with Crippen LogP contribution in [0.25, 0.3) is 0 Å². The van der Waals surface area contributed by atoms with Gasteiger partial charge in [0.25, 0.3) is 5.91 Å². The van der Waals surface area contributed by atoms with Gasteiger partial charge in [-0.25, -0.2) is 10.2 Å². The average Bonchev–Trinajstić information content (AvgIpc) is 3.18. The van der Waals surface area contributed by atoms with Crippen LogP contribution < -0.4 is 15.9 Å². The fourth-order valence-electron chi connectivity index (χ4n) is 2.08. The molecule has 0 spiro atoms. The summed E-state index contributed by atoms with van der Waals surface area (Å²) >= 11 is 1.32. The van der Waals surface area contributed by atoms with Gasteiger partial charge in [0.15, 0.2) is 0 Å². The van der Waals surface area contributed by atoms with Crippen molar-refractivity contribution in [2.45, 2.75) is 0 Å². The monoisotopic (exact) mass is 365 g/mol. The molecule has 0 saturated heterocycles. The van der Waals surface area contributed by atoms with Crippen LogP contribution in [0.5, 0.6) is 5.75 Å². The van der Waals surface area contributed by atoms with E-state index in [9.17, 15) is 9.59 Å². The number of hydrazone groups is 1. The number of hydrogen-bond donors (Lipinski definition) is 2. The highest BCUT2D eigenvalue weighted by atomic mass is 32.1. The van der Waals surface area contributed by atoms with Crippen LogP contribution in [-0.4, -0.2) is 18.1 Å². The van der Waals surface area contributed by atoms with Gasteiger partial charge in [0, 0.05) is 11.3 Å². The van der Waals surface area contributed by atoms with Crippen molar-refractivity contribution in [1.82, 2.24) is 5.43 Å². The van der Waals surface area contributed by atoms with E-state index in [0.717, 1.165) is 5.56 Å². The SMILES string of the molecule is Nc1cccc(C(=O)N/N=C\c2ccc(OC(=O)c3cccs3)cc2)c1. The molecule has 0 saturated carbocycles. The molecular formula is C19H15N3O3S. The van der Waals surface area contributed by atoms with E-state index in [1.807, 2.05) is 5.38 Å². The summed E-state index contributed by atoms with van der Waals surface area (Å²) in [5.41, 5.74) is 9.75. The Morgan fingerprint density at radius 1 is 1.08 bits per heavy atom. The average molecular weight is 365 g/mol. The van der Waals surface area contributed by atoms with Crippen molar-refractivity contribution in [2.75, 3.05) is 5.73 Å². The summed E-state index contributed by atoms with van der Waals surface area (Å²) in [7, 11) is 0. The normalized spacial score (nSPS) is 10.6. The van der Waals surface area contributed by atoms with Gasteiger partial charge in [0.05, 0.1) is 6.21 Å². The minimum absolute atomic E-state index is 0.352. The molecule has 6 nitrogen and oxygen atoms in total. The molecule has 1 heterocycles. The minimum atomic E-state index is -0.393. The van der Waals surface area contributed by atoms with E-state index < -0.39 is 5.97 Å². The van der Waals surface area contributed by atoms with Gasteiger partial charge < -0.3 is 10.5 Å². The first-order valence-corrected chi connectivity index (χ1v) is 8.54. The highest BCUT2D eigenvalue weighted by Crippen LogP contribution is 2.16. The quantitative estimate of drug-likeness (QED) is 0.238. The number of nitrogens with one attached hydrogen (secondary N) is 1. The third-order valence-corrected chi connectivity index (χ3v) is 4.19. The first-order valence-electron chi connectivity index (χ1n) is 7.66. The van der Waals surface area contributed by atoms with Crippen LogP contribution in [0.1, 0.15) is 25.6 Å². The molecule has 0 atom stereocenters. The van der Waals surface area contributed by atoms with Crippen molar-refractivity contribution >= 4 is 35.1 Å². The zero-order valence-corrected chi connectivity index (χ0v) is 14.4. The molecule has 130 valence electrons. The molecular weight excluding hydrogens is 350 g/mol. The minimum Gasteiger partial charge on any atom is -0.422 e. The molecule has 0 aliphatic heterocycles. The second-order valence-electron chi connectivity index (χ2n) is 5.26. The lowest BCUT2D eigenvalue weighted by atomic mass is 10.2. The maximum absolute atomic E-state index is 11.9. The molecule has 0 bridgehead atoms. The van der Waals surface area contributed by atoms with Crippen molar-refractivity contribution in [1.29, 1.82) is 0 Å². The molecule has 1 amide bonds. The van der Waals surface area contributed by atoms with Crippen LogP contribution in [0.4, 0.5) is 5.69 Å². The summed E-state index contributed by atoms with van der Waals surface area (Å²) in [6.07, 6.45) is 1.50. The van der Waals surface area contributed by atoms with Gasteiger partial charge in [-0.05, 0) is 59.5 Å². The second kappa shape index (κ2) is 8.09. The first-order chi connectivity index (χ1) is 12.6. The maximum Gasteiger partial charge on any atom is 0.353 e. The molecule has 26 heavy (non-hydrogen) atoms. The van der Waals surface area contributed by atoms with Crippen molar-refractivity contribution < 1.29 is 14.3 Å². The number of carbonyl (C=O) groups excluding carboxylic acids is 2. The molecule has 0 radical (unpaired) electrons. The Balaban J connectivity index is 1.56. The Morgan fingerprint density at radius 2 is 1.88 bits per heavy atom. The largest absolute Gasteiger partial charge is 0.422 e. The molecule has 0 aliphatic rings. The van der Waals surface area contributed by atoms with Crippen LogP contribution in [0, 0.1) is 0 Å². The Labute approximate surface area is 153 Å². The molecule has 7 heteroatoms. The number of nitrogens with two attached hydrogens (primary N) is 1. The number of hydrogen-bond acceptors (Lipinski definition) is 6. The van der Waals surface area contributed by atoms with Crippen molar-refractivity contribution in [2.24, 2.45) is 5.10 Å². The van der Waals surface area contributed by atoms with Gasteiger partial charge in [0.1, 0.15) is 10.6 Å². The second-order valence-corrected chi connectivity index (χ2v) is 6.21. The number of nitrogen functional groups attached to an aromatic ring is 1. The number of esters is 1. The van der Waals surface area contributed by atoms with Crippen molar-refractivity contribution in [3.8, 4) is 5.75 Å². The molecule has 0 fully saturated rings. The van der Waals surface area contributed by atoms with Gasteiger partial charge in [-0.2, -0.15) is 5.10 Å². The molecule has 2 aromatic carbocycles. The van der Waals surface area contributed by atoms with Crippen LogP contribution >= 0.6 is 11.3 Å². The van der Waals surface area contributed by atoms with E-state index in [4.69, 9.17) is 10.5 Å². The van der Waals surface area contributed by atoms with E-state index in [1.165, 1.54) is 17.6 Å². The molecule has 1 aromatic heterocycles. The number of rotatable bonds is 5. The summed E-state index contributed by atoms with van der Waals surface area (Å²) in [6.45, 7) is 0. The van der Waals surface area contributed by atoms with Gasteiger partial charge in [-0.3, -0.25) is 4.79 Å². The maximum atomic E-state index is 11.9. The smallest absolute Gasteiger partial charge is 0.353 e. The lowest BCUT2D eigenvalue weighted by Crippen LogP contribution is -2.17. The molecule has 3 aromatic rings. The summed E-state index contributed by atoms with van der Waals surface area (Å²) in [4.78, 5) is 24.4. The van der Waals surface area contributed by atoms with Crippen LogP contribution in [0.3, 0.4) is 0 Å². The topological polar surface area (TPSA) is 93.8 Å². The Kier molecular flexibility index (Phi) is 5.40. The highest BCUT2D eigenvalue weighted by molar-refractivity contribution is 7.12. The van der Waals surface area contributed by atoms with Gasteiger partial charge in [-0.15, -0.1) is 11.3 Å². The van der Waals surface area contributed by atoms with Crippen molar-refractivity contribution in [3.63, 3.8) is 0 Å². The third-order valence-electron chi connectivity index (χ3n) is 3.34. The van der Waals surface area contributed by atoms with E-state index in [-0.39, 0.29) is 5.91 Å². The van der Waals surface area contributed by atoms with E-state index in [2.05, 4.69) is 10.5 Å². The Hall–Kier alpha value is -3.45. The predicted octanol–water partition coefficient (Wildman–Crippen LogP) is 3.31. The number of anilines is 1. The van der Waals surface area contributed by atoms with Crippen molar-refractivity contribution in [3.05, 3.63) is 82.0 Å². The summed E-state index contributed by atoms with van der Waals surface area (Å²) in [5.74, 6) is -0.310.